The fraction of sp³-hybridized carbons (Fsp3) is 0.300. The van der Waals surface area contributed by atoms with Crippen LogP contribution in [0.1, 0.15) is 10.4 Å². The third-order valence-corrected chi connectivity index (χ3v) is 1.99. The highest BCUT2D eigenvalue weighted by Crippen LogP contribution is 2.24. The summed E-state index contributed by atoms with van der Waals surface area (Å²) in [7, 11) is 1.27. The number of methoxy groups -OCH3 is 1. The topological polar surface area (TPSA) is 35.5 Å². The van der Waals surface area contributed by atoms with Gasteiger partial charge in [0.1, 0.15) is 11.3 Å². The van der Waals surface area contributed by atoms with E-state index in [1.807, 2.05) is 0 Å². The minimum absolute atomic E-state index is 0.0599. The van der Waals surface area contributed by atoms with Gasteiger partial charge in [0, 0.05) is 5.02 Å². The molecule has 0 aliphatic rings. The van der Waals surface area contributed by atoms with Crippen molar-refractivity contribution in [1.82, 2.24) is 0 Å². The van der Waals surface area contributed by atoms with E-state index < -0.39 is 18.8 Å². The zero-order valence-electron chi connectivity index (χ0n) is 8.68. The molecule has 17 heavy (non-hydrogen) atoms. The Balaban J connectivity index is 2.82. The Morgan fingerprint density at radius 3 is 2.59 bits per heavy atom. The first-order valence-electron chi connectivity index (χ1n) is 4.41. The van der Waals surface area contributed by atoms with Gasteiger partial charge in [-0.3, -0.25) is 0 Å². The van der Waals surface area contributed by atoms with Gasteiger partial charge in [0.2, 0.25) is 0 Å². The first-order valence-corrected chi connectivity index (χ1v) is 4.78. The van der Waals surface area contributed by atoms with Crippen LogP contribution in [-0.4, -0.2) is 25.9 Å². The monoisotopic (exact) mass is 268 g/mol. The fourth-order valence-electron chi connectivity index (χ4n) is 1.06. The maximum absolute atomic E-state index is 11.8. The van der Waals surface area contributed by atoms with Gasteiger partial charge in [-0.25, -0.2) is 4.79 Å². The second-order valence-electron chi connectivity index (χ2n) is 3.04. The minimum atomic E-state index is -4.56. The van der Waals surface area contributed by atoms with E-state index in [1.54, 1.807) is 0 Å². The van der Waals surface area contributed by atoms with Crippen molar-refractivity contribution < 1.29 is 27.4 Å². The van der Waals surface area contributed by atoms with E-state index in [2.05, 4.69) is 4.74 Å². The van der Waals surface area contributed by atoms with E-state index in [0.29, 0.717) is 5.02 Å². The largest absolute Gasteiger partial charge is 0.496 e. The highest BCUT2D eigenvalue weighted by molar-refractivity contribution is 6.30. The minimum Gasteiger partial charge on any atom is -0.496 e. The molecule has 0 saturated heterocycles. The molecule has 3 nitrogen and oxygen atoms in total. The maximum atomic E-state index is 11.8. The molecule has 1 rings (SSSR count). The van der Waals surface area contributed by atoms with Gasteiger partial charge >= 0.3 is 12.1 Å². The Bertz CT molecular complexity index is 418. The summed E-state index contributed by atoms with van der Waals surface area (Å²) < 4.78 is 44.4. The molecule has 0 fully saturated rings. The third-order valence-electron chi connectivity index (χ3n) is 1.75. The molecule has 0 spiro atoms. The first-order chi connectivity index (χ1) is 7.83. The van der Waals surface area contributed by atoms with E-state index in [1.165, 1.54) is 25.3 Å². The molecule has 0 aromatic heterocycles. The van der Waals surface area contributed by atoms with E-state index >= 15 is 0 Å². The number of carbonyl (C=O) groups is 1. The number of halogens is 4. The Hall–Kier alpha value is -1.43. The van der Waals surface area contributed by atoms with Gasteiger partial charge in [-0.2, -0.15) is 13.2 Å². The first kappa shape index (κ1) is 13.6. The van der Waals surface area contributed by atoms with E-state index in [4.69, 9.17) is 16.3 Å². The van der Waals surface area contributed by atoms with Gasteiger partial charge in [0.15, 0.2) is 6.61 Å². The molecule has 0 atom stereocenters. The molecule has 0 N–H and O–H groups in total. The number of hydrogen-bond acceptors (Lipinski definition) is 3. The standard InChI is InChI=1S/C10H8ClF3O3/c1-16-8-4-6(11)2-3-7(8)9(15)17-5-10(12,13)14/h2-4H,5H2,1H3. The number of benzene rings is 1. The van der Waals surface area contributed by atoms with Crippen molar-refractivity contribution in [3.63, 3.8) is 0 Å². The van der Waals surface area contributed by atoms with Crippen LogP contribution in [0.3, 0.4) is 0 Å². The highest BCUT2D eigenvalue weighted by atomic mass is 35.5. The normalized spacial score (nSPS) is 11.1. The molecule has 7 heteroatoms. The predicted octanol–water partition coefficient (Wildman–Crippen LogP) is 3.07. The predicted molar refractivity (Wildman–Crippen MR) is 54.3 cm³/mol. The highest BCUT2D eigenvalue weighted by Gasteiger charge is 2.30. The summed E-state index contributed by atoms with van der Waals surface area (Å²) in [5, 5.41) is 0.300. The van der Waals surface area contributed by atoms with Crippen molar-refractivity contribution in [2.24, 2.45) is 0 Å². The summed E-state index contributed by atoms with van der Waals surface area (Å²) in [6.07, 6.45) is -4.56. The van der Waals surface area contributed by atoms with Gasteiger partial charge in [0.05, 0.1) is 7.11 Å². The fourth-order valence-corrected chi connectivity index (χ4v) is 1.22. The van der Waals surface area contributed by atoms with Crippen molar-refractivity contribution in [1.29, 1.82) is 0 Å². The van der Waals surface area contributed by atoms with Crippen LogP contribution in [-0.2, 0) is 4.74 Å². The number of carbonyl (C=O) groups excluding carboxylic acids is 1. The lowest BCUT2D eigenvalue weighted by Gasteiger charge is -2.10. The summed E-state index contributed by atoms with van der Waals surface area (Å²) in [4.78, 5) is 11.3. The molecule has 1 aromatic rings. The number of esters is 1. The van der Waals surface area contributed by atoms with Crippen LogP contribution < -0.4 is 4.74 Å². The van der Waals surface area contributed by atoms with Crippen LogP contribution in [0.5, 0.6) is 5.75 Å². The van der Waals surface area contributed by atoms with Crippen molar-refractivity contribution in [2.75, 3.05) is 13.7 Å². The van der Waals surface area contributed by atoms with Gasteiger partial charge in [-0.1, -0.05) is 11.6 Å². The number of rotatable bonds is 3. The van der Waals surface area contributed by atoms with Crippen molar-refractivity contribution in [3.8, 4) is 5.75 Å². The molecule has 1 aromatic carbocycles. The smallest absolute Gasteiger partial charge is 0.422 e. The maximum Gasteiger partial charge on any atom is 0.422 e. The molecule has 0 aliphatic heterocycles. The number of alkyl halides is 3. The van der Waals surface area contributed by atoms with Crippen molar-refractivity contribution >= 4 is 17.6 Å². The van der Waals surface area contributed by atoms with Gasteiger partial charge in [-0.05, 0) is 18.2 Å². The van der Waals surface area contributed by atoms with Gasteiger partial charge in [0.25, 0.3) is 0 Å². The molecule has 0 heterocycles. The van der Waals surface area contributed by atoms with E-state index in [9.17, 15) is 18.0 Å². The summed E-state index contributed by atoms with van der Waals surface area (Å²) >= 11 is 5.64. The molecule has 0 unspecified atom stereocenters. The Morgan fingerprint density at radius 1 is 1.41 bits per heavy atom. The summed E-state index contributed by atoms with van der Waals surface area (Å²) in [6.45, 7) is -1.64. The van der Waals surface area contributed by atoms with Crippen molar-refractivity contribution in [3.05, 3.63) is 28.8 Å². The lowest BCUT2D eigenvalue weighted by molar-refractivity contribution is -0.161. The molecule has 0 saturated carbocycles. The summed E-state index contributed by atoms with van der Waals surface area (Å²) in [5.74, 6) is -1.06. The molecule has 0 bridgehead atoms. The summed E-state index contributed by atoms with van der Waals surface area (Å²) in [6, 6.07) is 3.90. The average molecular weight is 269 g/mol. The van der Waals surface area contributed by atoms with Crippen molar-refractivity contribution in [2.45, 2.75) is 6.18 Å². The summed E-state index contributed by atoms with van der Waals surface area (Å²) in [5.41, 5.74) is -0.110. The number of hydrogen-bond donors (Lipinski definition) is 0. The van der Waals surface area contributed by atoms with Crippen LogP contribution in [0, 0.1) is 0 Å². The Labute approximate surface area is 100 Å². The lowest BCUT2D eigenvalue weighted by Crippen LogP contribution is -2.20. The Kier molecular flexibility index (Phi) is 4.22. The van der Waals surface area contributed by atoms with Crippen LogP contribution in [0.25, 0.3) is 0 Å². The average Bonchev–Trinajstić information content (AvgIpc) is 2.24. The van der Waals surface area contributed by atoms with E-state index in [0.717, 1.165) is 0 Å². The van der Waals surface area contributed by atoms with Crippen LogP contribution in [0.4, 0.5) is 13.2 Å². The SMILES string of the molecule is COc1cc(Cl)ccc1C(=O)OCC(F)(F)F. The van der Waals surface area contributed by atoms with Crippen LogP contribution >= 0.6 is 11.6 Å². The molecule has 0 aliphatic carbocycles. The second-order valence-corrected chi connectivity index (χ2v) is 3.47. The van der Waals surface area contributed by atoms with Crippen LogP contribution in [0.2, 0.25) is 5.02 Å². The van der Waals surface area contributed by atoms with E-state index in [-0.39, 0.29) is 11.3 Å². The molecule has 94 valence electrons. The second kappa shape index (κ2) is 5.27. The quantitative estimate of drug-likeness (QED) is 0.791. The third kappa shape index (κ3) is 4.14. The van der Waals surface area contributed by atoms with Gasteiger partial charge in [-0.15, -0.1) is 0 Å². The molecule has 0 amide bonds. The zero-order chi connectivity index (χ0) is 13.1. The zero-order valence-corrected chi connectivity index (χ0v) is 9.43. The van der Waals surface area contributed by atoms with Gasteiger partial charge < -0.3 is 9.47 Å². The molecular weight excluding hydrogens is 261 g/mol. The molecular formula is C10H8ClF3O3. The Morgan fingerprint density at radius 2 is 2.06 bits per heavy atom. The number of ether oxygens (including phenoxy) is 2. The molecule has 0 radical (unpaired) electrons. The van der Waals surface area contributed by atoms with Crippen LogP contribution in [0.15, 0.2) is 18.2 Å². The lowest BCUT2D eigenvalue weighted by atomic mass is 10.2.